The van der Waals surface area contributed by atoms with Gasteiger partial charge in [0.05, 0.1) is 13.2 Å². The molecule has 1 aromatic heterocycles. The van der Waals surface area contributed by atoms with Gasteiger partial charge in [-0.15, -0.1) is 11.3 Å². The van der Waals surface area contributed by atoms with Crippen LogP contribution in [0.15, 0.2) is 29.1 Å². The predicted molar refractivity (Wildman–Crippen MR) is 122 cm³/mol. The molecule has 1 unspecified atom stereocenters. The number of rotatable bonds is 9. The summed E-state index contributed by atoms with van der Waals surface area (Å²) >= 11 is 1.61. The van der Waals surface area contributed by atoms with Gasteiger partial charge in [0, 0.05) is 45.4 Å². The van der Waals surface area contributed by atoms with Gasteiger partial charge in [0.1, 0.15) is 18.5 Å². The molecular weight excluding hydrogens is 402 g/mol. The highest BCUT2D eigenvalue weighted by atomic mass is 32.1. The first kappa shape index (κ1) is 22.7. The molecule has 3 N–H and O–H groups in total. The van der Waals surface area contributed by atoms with Crippen LogP contribution >= 0.6 is 11.3 Å². The number of aryl methyl sites for hydroxylation is 2. The molecule has 0 saturated heterocycles. The Bertz CT molecular complexity index is 1090. The lowest BCUT2D eigenvalue weighted by Crippen LogP contribution is -2.39. The van der Waals surface area contributed by atoms with Crippen LogP contribution in [0.1, 0.15) is 16.7 Å². The maximum Gasteiger partial charge on any atom is 0.196 e. The van der Waals surface area contributed by atoms with Crippen LogP contribution in [0.4, 0.5) is 0 Å². The van der Waals surface area contributed by atoms with Crippen LogP contribution in [0, 0.1) is 20.8 Å². The van der Waals surface area contributed by atoms with Gasteiger partial charge in [0.2, 0.25) is 0 Å². The van der Waals surface area contributed by atoms with Crippen molar-refractivity contribution < 1.29 is 20.1 Å². The first-order valence-corrected chi connectivity index (χ1v) is 10.9. The molecule has 0 amide bonds. The Morgan fingerprint density at radius 1 is 1.03 bits per heavy atom. The zero-order valence-corrected chi connectivity index (χ0v) is 18.5. The van der Waals surface area contributed by atoms with E-state index >= 15 is 0 Å². The SMILES string of the molecule is Cc1c(OCC(O)CN(CCO)CCO)c(C)c2c(=O)c3ccccc3sc2c1C. The zero-order chi connectivity index (χ0) is 21.8. The van der Waals surface area contributed by atoms with Crippen molar-refractivity contribution in [3.8, 4) is 5.75 Å². The summed E-state index contributed by atoms with van der Waals surface area (Å²) in [6.45, 7) is 6.86. The summed E-state index contributed by atoms with van der Waals surface area (Å²) in [7, 11) is 0. The van der Waals surface area contributed by atoms with Gasteiger partial charge < -0.3 is 20.1 Å². The minimum atomic E-state index is -0.788. The fourth-order valence-electron chi connectivity index (χ4n) is 3.81. The van der Waals surface area contributed by atoms with Gasteiger partial charge in [-0.1, -0.05) is 12.1 Å². The standard InChI is InChI=1S/C23H29NO5S/c1-14-15(2)23-20(21(28)18-6-4-5-7-19(18)30-23)16(3)22(14)29-13-17(27)12-24(8-10-25)9-11-26/h4-7,17,25-27H,8-13H2,1-3H3. The molecule has 0 bridgehead atoms. The van der Waals surface area contributed by atoms with E-state index in [0.29, 0.717) is 29.6 Å². The van der Waals surface area contributed by atoms with Crippen molar-refractivity contribution in [2.24, 2.45) is 0 Å². The largest absolute Gasteiger partial charge is 0.490 e. The summed E-state index contributed by atoms with van der Waals surface area (Å²) in [6.07, 6.45) is -0.788. The second kappa shape index (κ2) is 9.85. The molecule has 0 aliphatic rings. The molecule has 1 atom stereocenters. The lowest BCUT2D eigenvalue weighted by molar-refractivity contribution is 0.0549. The number of benzene rings is 2. The Hall–Kier alpha value is -2.03. The van der Waals surface area contributed by atoms with Gasteiger partial charge >= 0.3 is 0 Å². The Labute approximate surface area is 180 Å². The lowest BCUT2D eigenvalue weighted by atomic mass is 10.00. The smallest absolute Gasteiger partial charge is 0.196 e. The van der Waals surface area contributed by atoms with E-state index in [2.05, 4.69) is 0 Å². The van der Waals surface area contributed by atoms with E-state index in [4.69, 9.17) is 14.9 Å². The number of aliphatic hydroxyl groups excluding tert-OH is 3. The fourth-order valence-corrected chi connectivity index (χ4v) is 5.10. The summed E-state index contributed by atoms with van der Waals surface area (Å²) in [6, 6.07) is 7.63. The maximum absolute atomic E-state index is 13.2. The van der Waals surface area contributed by atoms with Crippen molar-refractivity contribution in [1.82, 2.24) is 4.90 Å². The Morgan fingerprint density at radius 3 is 2.37 bits per heavy atom. The quantitative estimate of drug-likeness (QED) is 0.451. The van der Waals surface area contributed by atoms with Crippen molar-refractivity contribution in [1.29, 1.82) is 0 Å². The van der Waals surface area contributed by atoms with Gasteiger partial charge in [-0.3, -0.25) is 9.69 Å². The van der Waals surface area contributed by atoms with Crippen molar-refractivity contribution >= 4 is 31.5 Å². The molecule has 0 spiro atoms. The number of nitrogens with zero attached hydrogens (tertiary/aromatic N) is 1. The Kier molecular flexibility index (Phi) is 7.44. The van der Waals surface area contributed by atoms with Crippen LogP contribution in [-0.4, -0.2) is 65.8 Å². The summed E-state index contributed by atoms with van der Waals surface area (Å²) in [5.41, 5.74) is 2.76. The molecule has 162 valence electrons. The van der Waals surface area contributed by atoms with E-state index < -0.39 is 6.10 Å². The number of hydrogen-bond acceptors (Lipinski definition) is 7. The fraction of sp³-hybridized carbons (Fsp3) is 0.435. The molecule has 30 heavy (non-hydrogen) atoms. The highest BCUT2D eigenvalue weighted by Gasteiger charge is 2.19. The molecule has 3 aromatic rings. The molecule has 0 aliphatic carbocycles. The van der Waals surface area contributed by atoms with E-state index in [1.165, 1.54) is 0 Å². The number of hydrogen-bond donors (Lipinski definition) is 3. The molecule has 7 heteroatoms. The topological polar surface area (TPSA) is 90.2 Å². The average molecular weight is 432 g/mol. The lowest BCUT2D eigenvalue weighted by Gasteiger charge is -2.24. The summed E-state index contributed by atoms with van der Waals surface area (Å²) in [4.78, 5) is 15.0. The molecule has 2 aromatic carbocycles. The highest BCUT2D eigenvalue weighted by molar-refractivity contribution is 7.24. The van der Waals surface area contributed by atoms with Gasteiger partial charge in [0.15, 0.2) is 5.43 Å². The van der Waals surface area contributed by atoms with Crippen molar-refractivity contribution in [3.63, 3.8) is 0 Å². The second-order valence-corrected chi connectivity index (χ2v) is 8.60. The van der Waals surface area contributed by atoms with Gasteiger partial charge in [-0.25, -0.2) is 0 Å². The number of aliphatic hydroxyl groups is 3. The van der Waals surface area contributed by atoms with Gasteiger partial charge in [-0.05, 0) is 44.0 Å². The van der Waals surface area contributed by atoms with Crippen LogP contribution in [0.2, 0.25) is 0 Å². The van der Waals surface area contributed by atoms with Crippen LogP contribution in [0.3, 0.4) is 0 Å². The number of fused-ring (bicyclic) bond motifs is 2. The normalized spacial score (nSPS) is 12.8. The monoisotopic (exact) mass is 431 g/mol. The summed E-state index contributed by atoms with van der Waals surface area (Å²) in [5.74, 6) is 0.634. The third-order valence-electron chi connectivity index (χ3n) is 5.48. The van der Waals surface area contributed by atoms with E-state index in [-0.39, 0.29) is 31.8 Å². The average Bonchev–Trinajstić information content (AvgIpc) is 2.72. The van der Waals surface area contributed by atoms with E-state index in [1.54, 1.807) is 16.2 Å². The molecular formula is C23H29NO5S. The third-order valence-corrected chi connectivity index (χ3v) is 6.77. The Morgan fingerprint density at radius 2 is 1.70 bits per heavy atom. The van der Waals surface area contributed by atoms with Gasteiger partial charge in [0.25, 0.3) is 0 Å². The van der Waals surface area contributed by atoms with Crippen LogP contribution < -0.4 is 10.2 Å². The van der Waals surface area contributed by atoms with E-state index in [9.17, 15) is 9.90 Å². The summed E-state index contributed by atoms with van der Waals surface area (Å²) in [5, 5.41) is 30.0. The molecule has 0 radical (unpaired) electrons. The minimum Gasteiger partial charge on any atom is -0.490 e. The maximum atomic E-state index is 13.2. The van der Waals surface area contributed by atoms with Crippen LogP contribution in [0.25, 0.3) is 20.2 Å². The first-order chi connectivity index (χ1) is 14.4. The second-order valence-electron chi connectivity index (χ2n) is 7.55. The van der Waals surface area contributed by atoms with Crippen molar-refractivity contribution in [3.05, 3.63) is 51.2 Å². The molecule has 0 aliphatic heterocycles. The minimum absolute atomic E-state index is 0.00224. The first-order valence-electron chi connectivity index (χ1n) is 10.1. The Balaban J connectivity index is 1.94. The number of ether oxygens (including phenoxy) is 1. The van der Waals surface area contributed by atoms with Crippen molar-refractivity contribution in [2.75, 3.05) is 39.5 Å². The molecule has 6 nitrogen and oxygen atoms in total. The molecule has 0 saturated carbocycles. The van der Waals surface area contributed by atoms with E-state index in [0.717, 1.165) is 26.1 Å². The molecule has 3 rings (SSSR count). The van der Waals surface area contributed by atoms with Crippen LogP contribution in [-0.2, 0) is 0 Å². The summed E-state index contributed by atoms with van der Waals surface area (Å²) < 4.78 is 7.94. The molecule has 1 heterocycles. The van der Waals surface area contributed by atoms with Crippen LogP contribution in [0.5, 0.6) is 5.75 Å². The zero-order valence-electron chi connectivity index (χ0n) is 17.6. The van der Waals surface area contributed by atoms with E-state index in [1.807, 2.05) is 45.0 Å². The van der Waals surface area contributed by atoms with Crippen molar-refractivity contribution in [2.45, 2.75) is 26.9 Å². The predicted octanol–water partition coefficient (Wildman–Crippen LogP) is 2.37. The third kappa shape index (κ3) is 4.50. The molecule has 0 fully saturated rings. The highest BCUT2D eigenvalue weighted by Crippen LogP contribution is 2.37. The van der Waals surface area contributed by atoms with Gasteiger partial charge in [-0.2, -0.15) is 0 Å².